The molecule has 19 heavy (non-hydrogen) atoms. The van der Waals surface area contributed by atoms with Gasteiger partial charge in [0.1, 0.15) is 0 Å². The number of nitrogens with one attached hydrogen (secondary N) is 1. The van der Waals surface area contributed by atoms with E-state index in [1.807, 2.05) is 0 Å². The van der Waals surface area contributed by atoms with E-state index in [-0.39, 0.29) is 12.1 Å². The first-order chi connectivity index (χ1) is 9.00. The third-order valence-corrected chi connectivity index (χ3v) is 4.60. The van der Waals surface area contributed by atoms with Crippen LogP contribution < -0.4 is 5.32 Å². The summed E-state index contributed by atoms with van der Waals surface area (Å²) in [5.41, 5.74) is -0.0949. The van der Waals surface area contributed by atoms with Crippen LogP contribution in [0.5, 0.6) is 0 Å². The summed E-state index contributed by atoms with van der Waals surface area (Å²) in [4.78, 5) is 2.62. The summed E-state index contributed by atoms with van der Waals surface area (Å²) in [6.45, 7) is 12.7. The van der Waals surface area contributed by atoms with Crippen molar-refractivity contribution in [3.05, 3.63) is 0 Å². The first-order valence-corrected chi connectivity index (χ1v) is 8.10. The van der Waals surface area contributed by atoms with Gasteiger partial charge in [-0.3, -0.25) is 0 Å². The van der Waals surface area contributed by atoms with E-state index in [1.165, 1.54) is 32.4 Å². The molecule has 2 N–H and O–H groups in total. The summed E-state index contributed by atoms with van der Waals surface area (Å²) in [6.07, 6.45) is 6.03. The van der Waals surface area contributed by atoms with Gasteiger partial charge in [-0.25, -0.2) is 0 Å². The van der Waals surface area contributed by atoms with Gasteiger partial charge in [-0.15, -0.1) is 0 Å². The number of nitrogens with zero attached hydrogens (tertiary/aromatic N) is 1. The van der Waals surface area contributed by atoms with Crippen molar-refractivity contribution in [1.29, 1.82) is 0 Å². The molecule has 1 aliphatic heterocycles. The van der Waals surface area contributed by atoms with Crippen molar-refractivity contribution in [2.24, 2.45) is 5.92 Å². The lowest BCUT2D eigenvalue weighted by molar-refractivity contribution is 0.115. The van der Waals surface area contributed by atoms with Crippen LogP contribution in [0.1, 0.15) is 59.8 Å². The lowest BCUT2D eigenvalue weighted by atomic mass is 9.92. The van der Waals surface area contributed by atoms with E-state index < -0.39 is 0 Å². The van der Waals surface area contributed by atoms with Crippen molar-refractivity contribution in [2.45, 2.75) is 71.4 Å². The minimum Gasteiger partial charge on any atom is -0.394 e. The predicted molar refractivity (Wildman–Crippen MR) is 82.5 cm³/mol. The molecule has 114 valence electrons. The summed E-state index contributed by atoms with van der Waals surface area (Å²) in [5, 5.41) is 13.0. The Bertz CT molecular complexity index is 247. The van der Waals surface area contributed by atoms with Crippen molar-refractivity contribution < 1.29 is 5.11 Å². The quantitative estimate of drug-likeness (QED) is 0.712. The van der Waals surface area contributed by atoms with Gasteiger partial charge in [-0.2, -0.15) is 0 Å². The van der Waals surface area contributed by atoms with E-state index in [2.05, 4.69) is 37.9 Å². The number of aliphatic hydroxyl groups excluding tert-OH is 1. The first-order valence-electron chi connectivity index (χ1n) is 8.10. The maximum Gasteiger partial charge on any atom is 0.0610 e. The topological polar surface area (TPSA) is 35.5 Å². The van der Waals surface area contributed by atoms with Crippen molar-refractivity contribution in [2.75, 3.05) is 26.2 Å². The van der Waals surface area contributed by atoms with E-state index in [0.717, 1.165) is 31.3 Å². The van der Waals surface area contributed by atoms with Gasteiger partial charge in [0.15, 0.2) is 0 Å². The number of piperidine rings is 1. The molecule has 0 aliphatic carbocycles. The fourth-order valence-electron chi connectivity index (χ4n) is 3.11. The minimum absolute atomic E-state index is 0.0949. The van der Waals surface area contributed by atoms with Crippen LogP contribution in [0.2, 0.25) is 0 Å². The lowest BCUT2D eigenvalue weighted by Crippen LogP contribution is -2.47. The molecule has 1 fully saturated rings. The predicted octanol–water partition coefficient (Wildman–Crippen LogP) is 2.64. The van der Waals surface area contributed by atoms with Gasteiger partial charge in [-0.05, 0) is 71.5 Å². The van der Waals surface area contributed by atoms with Crippen molar-refractivity contribution in [3.8, 4) is 0 Å². The highest BCUT2D eigenvalue weighted by Crippen LogP contribution is 2.23. The Kier molecular flexibility index (Phi) is 7.33. The molecule has 1 saturated heterocycles. The highest BCUT2D eigenvalue weighted by atomic mass is 16.3. The molecule has 0 amide bonds. The zero-order valence-electron chi connectivity index (χ0n) is 13.4. The molecule has 1 rings (SSSR count). The molecule has 0 aromatic rings. The zero-order valence-corrected chi connectivity index (χ0v) is 13.4. The molecular formula is C16H34N2O. The molecule has 0 spiro atoms. The normalized spacial score (nSPS) is 28.3. The molecule has 0 bridgehead atoms. The molecule has 0 radical (unpaired) electrons. The van der Waals surface area contributed by atoms with Gasteiger partial charge in [-0.1, -0.05) is 13.8 Å². The van der Waals surface area contributed by atoms with Gasteiger partial charge >= 0.3 is 0 Å². The molecule has 3 heteroatoms. The number of likely N-dealkylation sites (tertiary alicyclic amines) is 1. The molecule has 0 aromatic carbocycles. The summed E-state index contributed by atoms with van der Waals surface area (Å²) >= 11 is 0. The maximum atomic E-state index is 9.56. The fraction of sp³-hybridized carbons (Fsp3) is 1.00. The second kappa shape index (κ2) is 8.23. The van der Waals surface area contributed by atoms with Gasteiger partial charge in [0.05, 0.1) is 6.61 Å². The van der Waals surface area contributed by atoms with Crippen molar-refractivity contribution in [1.82, 2.24) is 10.2 Å². The number of hydrogen-bond donors (Lipinski definition) is 2. The fourth-order valence-corrected chi connectivity index (χ4v) is 3.11. The highest BCUT2D eigenvalue weighted by Gasteiger charge is 2.25. The standard InChI is InChI=1S/C16H34N2O/c1-5-9-17-16(4,13-19)8-6-10-18-11-7-14(2)12-15(18)3/h14-15,17,19H,5-13H2,1-4H3. The van der Waals surface area contributed by atoms with Crippen molar-refractivity contribution >= 4 is 0 Å². The Labute approximate surface area is 119 Å². The van der Waals surface area contributed by atoms with Crippen LogP contribution in [0.25, 0.3) is 0 Å². The van der Waals surface area contributed by atoms with Crippen LogP contribution in [0.4, 0.5) is 0 Å². The molecule has 3 atom stereocenters. The average molecular weight is 270 g/mol. The molecule has 0 saturated carbocycles. The van der Waals surface area contributed by atoms with Crippen molar-refractivity contribution in [3.63, 3.8) is 0 Å². The summed E-state index contributed by atoms with van der Waals surface area (Å²) in [6, 6.07) is 0.729. The van der Waals surface area contributed by atoms with E-state index in [1.54, 1.807) is 0 Å². The minimum atomic E-state index is -0.0949. The van der Waals surface area contributed by atoms with Crippen LogP contribution >= 0.6 is 0 Å². The van der Waals surface area contributed by atoms with Crippen LogP contribution in [0, 0.1) is 5.92 Å². The zero-order chi connectivity index (χ0) is 14.3. The number of rotatable bonds is 8. The second-order valence-electron chi connectivity index (χ2n) is 6.76. The lowest BCUT2D eigenvalue weighted by Gasteiger charge is -2.37. The molecule has 0 aromatic heterocycles. The van der Waals surface area contributed by atoms with Gasteiger partial charge < -0.3 is 15.3 Å². The Morgan fingerprint density at radius 1 is 1.37 bits per heavy atom. The van der Waals surface area contributed by atoms with Crippen LogP contribution in [-0.4, -0.2) is 47.8 Å². The van der Waals surface area contributed by atoms with Crippen LogP contribution in [0.15, 0.2) is 0 Å². The van der Waals surface area contributed by atoms with Crippen LogP contribution in [-0.2, 0) is 0 Å². The summed E-state index contributed by atoms with van der Waals surface area (Å²) in [5.74, 6) is 0.889. The van der Waals surface area contributed by atoms with Gasteiger partial charge in [0.2, 0.25) is 0 Å². The molecule has 3 unspecified atom stereocenters. The smallest absolute Gasteiger partial charge is 0.0610 e. The SMILES string of the molecule is CCCNC(C)(CO)CCCN1CCC(C)CC1C. The molecule has 3 nitrogen and oxygen atoms in total. The Hall–Kier alpha value is -0.120. The molecule has 1 heterocycles. The highest BCUT2D eigenvalue weighted by molar-refractivity contribution is 4.83. The summed E-state index contributed by atoms with van der Waals surface area (Å²) < 4.78 is 0. The first kappa shape index (κ1) is 16.9. The summed E-state index contributed by atoms with van der Waals surface area (Å²) in [7, 11) is 0. The number of hydrogen-bond acceptors (Lipinski definition) is 3. The number of aliphatic hydroxyl groups is 1. The van der Waals surface area contributed by atoms with E-state index in [9.17, 15) is 5.11 Å². The average Bonchev–Trinajstić information content (AvgIpc) is 2.39. The monoisotopic (exact) mass is 270 g/mol. The molecule has 1 aliphatic rings. The Morgan fingerprint density at radius 2 is 2.11 bits per heavy atom. The van der Waals surface area contributed by atoms with Gasteiger partial charge in [0, 0.05) is 11.6 Å². The van der Waals surface area contributed by atoms with Gasteiger partial charge in [0.25, 0.3) is 0 Å². The van der Waals surface area contributed by atoms with E-state index in [0.29, 0.717) is 0 Å². The Morgan fingerprint density at radius 3 is 2.68 bits per heavy atom. The third kappa shape index (κ3) is 5.80. The Balaban J connectivity index is 2.28. The maximum absolute atomic E-state index is 9.56. The van der Waals surface area contributed by atoms with Crippen LogP contribution in [0.3, 0.4) is 0 Å². The largest absolute Gasteiger partial charge is 0.394 e. The second-order valence-corrected chi connectivity index (χ2v) is 6.76. The van der Waals surface area contributed by atoms with E-state index in [4.69, 9.17) is 0 Å². The third-order valence-electron chi connectivity index (χ3n) is 4.60. The van der Waals surface area contributed by atoms with E-state index >= 15 is 0 Å². The molecular weight excluding hydrogens is 236 g/mol.